The van der Waals surface area contributed by atoms with Gasteiger partial charge in [0, 0.05) is 6.04 Å². The fourth-order valence-corrected chi connectivity index (χ4v) is 3.43. The largest absolute Gasteiger partial charge is 0.310 e. The van der Waals surface area contributed by atoms with E-state index in [1.807, 2.05) is 0 Å². The molecular weight excluding hydrogens is 218 g/mol. The second-order valence-electron chi connectivity index (χ2n) is 6.96. The average Bonchev–Trinajstić information content (AvgIpc) is 2.97. The SMILES string of the molecule is CC1CCC(NCC2CC2(C)C)c2ccccc21. The molecule has 2 aliphatic rings. The van der Waals surface area contributed by atoms with Gasteiger partial charge < -0.3 is 5.32 Å². The molecule has 0 bridgehead atoms. The predicted molar refractivity (Wildman–Crippen MR) is 76.7 cm³/mol. The molecule has 1 saturated carbocycles. The summed E-state index contributed by atoms with van der Waals surface area (Å²) in [6.07, 6.45) is 4.01. The van der Waals surface area contributed by atoms with Crippen LogP contribution in [0.1, 0.15) is 63.1 Å². The minimum absolute atomic E-state index is 0.591. The molecule has 18 heavy (non-hydrogen) atoms. The lowest BCUT2D eigenvalue weighted by molar-refractivity contribution is 0.409. The quantitative estimate of drug-likeness (QED) is 0.836. The number of hydrogen-bond acceptors (Lipinski definition) is 1. The van der Waals surface area contributed by atoms with Gasteiger partial charge in [-0.2, -0.15) is 0 Å². The van der Waals surface area contributed by atoms with Crippen molar-refractivity contribution in [3.05, 3.63) is 35.4 Å². The van der Waals surface area contributed by atoms with Crippen LogP contribution in [0.3, 0.4) is 0 Å². The molecule has 1 nitrogen and oxygen atoms in total. The zero-order valence-electron chi connectivity index (χ0n) is 11.9. The van der Waals surface area contributed by atoms with Gasteiger partial charge in [-0.25, -0.2) is 0 Å². The first kappa shape index (κ1) is 12.2. The van der Waals surface area contributed by atoms with Gasteiger partial charge in [0.1, 0.15) is 0 Å². The fourth-order valence-electron chi connectivity index (χ4n) is 3.43. The Morgan fingerprint density at radius 2 is 1.83 bits per heavy atom. The van der Waals surface area contributed by atoms with Crippen molar-refractivity contribution in [2.24, 2.45) is 11.3 Å². The first-order valence-corrected chi connectivity index (χ1v) is 7.40. The van der Waals surface area contributed by atoms with E-state index in [0.29, 0.717) is 11.5 Å². The van der Waals surface area contributed by atoms with Crippen LogP contribution in [0.2, 0.25) is 0 Å². The van der Waals surface area contributed by atoms with Crippen LogP contribution < -0.4 is 5.32 Å². The molecular formula is C17H25N. The molecule has 98 valence electrons. The highest BCUT2D eigenvalue weighted by atomic mass is 14.9. The third kappa shape index (κ3) is 2.21. The van der Waals surface area contributed by atoms with Gasteiger partial charge in [-0.15, -0.1) is 0 Å². The van der Waals surface area contributed by atoms with Crippen LogP contribution in [0.25, 0.3) is 0 Å². The van der Waals surface area contributed by atoms with Crippen molar-refractivity contribution in [3.8, 4) is 0 Å². The summed E-state index contributed by atoms with van der Waals surface area (Å²) in [7, 11) is 0. The van der Waals surface area contributed by atoms with Crippen molar-refractivity contribution in [2.45, 2.75) is 52.0 Å². The maximum Gasteiger partial charge on any atom is 0.0323 e. The lowest BCUT2D eigenvalue weighted by atomic mass is 9.81. The minimum Gasteiger partial charge on any atom is -0.310 e. The predicted octanol–water partition coefficient (Wildman–Crippen LogP) is 4.26. The maximum atomic E-state index is 3.82. The molecule has 2 aliphatic carbocycles. The monoisotopic (exact) mass is 243 g/mol. The highest BCUT2D eigenvalue weighted by Gasteiger charge is 2.45. The van der Waals surface area contributed by atoms with Crippen LogP contribution in [-0.4, -0.2) is 6.54 Å². The van der Waals surface area contributed by atoms with Crippen LogP contribution in [0.5, 0.6) is 0 Å². The molecule has 0 spiro atoms. The van der Waals surface area contributed by atoms with E-state index in [0.717, 1.165) is 11.8 Å². The van der Waals surface area contributed by atoms with Crippen LogP contribution in [-0.2, 0) is 0 Å². The molecule has 0 amide bonds. The highest BCUT2D eigenvalue weighted by Crippen LogP contribution is 2.51. The van der Waals surface area contributed by atoms with Crippen LogP contribution in [0, 0.1) is 11.3 Å². The molecule has 1 aromatic carbocycles. The zero-order chi connectivity index (χ0) is 12.8. The van der Waals surface area contributed by atoms with E-state index in [1.54, 1.807) is 11.1 Å². The van der Waals surface area contributed by atoms with E-state index < -0.39 is 0 Å². The van der Waals surface area contributed by atoms with Gasteiger partial charge in [0.2, 0.25) is 0 Å². The summed E-state index contributed by atoms with van der Waals surface area (Å²) in [6, 6.07) is 9.60. The molecule has 3 atom stereocenters. The molecule has 0 saturated heterocycles. The van der Waals surface area contributed by atoms with Gasteiger partial charge >= 0.3 is 0 Å². The second-order valence-corrected chi connectivity index (χ2v) is 6.96. The van der Waals surface area contributed by atoms with E-state index in [1.165, 1.54) is 25.8 Å². The summed E-state index contributed by atoms with van der Waals surface area (Å²) in [5.74, 6) is 1.63. The van der Waals surface area contributed by atoms with Crippen molar-refractivity contribution in [1.82, 2.24) is 5.32 Å². The van der Waals surface area contributed by atoms with E-state index >= 15 is 0 Å². The molecule has 0 aromatic heterocycles. The van der Waals surface area contributed by atoms with E-state index in [2.05, 4.69) is 50.4 Å². The lowest BCUT2D eigenvalue weighted by Crippen LogP contribution is -2.28. The summed E-state index contributed by atoms with van der Waals surface area (Å²) >= 11 is 0. The summed E-state index contributed by atoms with van der Waals surface area (Å²) < 4.78 is 0. The Kier molecular flexibility index (Phi) is 2.97. The smallest absolute Gasteiger partial charge is 0.0323 e. The average molecular weight is 243 g/mol. The Hall–Kier alpha value is -0.820. The molecule has 3 rings (SSSR count). The fraction of sp³-hybridized carbons (Fsp3) is 0.647. The number of benzene rings is 1. The molecule has 1 fully saturated rings. The highest BCUT2D eigenvalue weighted by molar-refractivity contribution is 5.34. The summed E-state index contributed by atoms with van der Waals surface area (Å²) in [4.78, 5) is 0. The minimum atomic E-state index is 0.591. The van der Waals surface area contributed by atoms with E-state index in [4.69, 9.17) is 0 Å². The normalized spacial score (nSPS) is 32.9. The number of rotatable bonds is 3. The first-order valence-electron chi connectivity index (χ1n) is 7.40. The number of nitrogens with one attached hydrogen (secondary N) is 1. The molecule has 1 heteroatoms. The van der Waals surface area contributed by atoms with Crippen LogP contribution >= 0.6 is 0 Å². The van der Waals surface area contributed by atoms with Crippen LogP contribution in [0.15, 0.2) is 24.3 Å². The first-order chi connectivity index (χ1) is 8.58. The third-order valence-corrected chi connectivity index (χ3v) is 5.12. The second kappa shape index (κ2) is 4.38. The Balaban J connectivity index is 1.69. The van der Waals surface area contributed by atoms with E-state index in [-0.39, 0.29) is 0 Å². The summed E-state index contributed by atoms with van der Waals surface area (Å²) in [5, 5.41) is 3.82. The molecule has 0 heterocycles. The molecule has 3 unspecified atom stereocenters. The van der Waals surface area contributed by atoms with Gasteiger partial charge in [-0.1, -0.05) is 45.0 Å². The molecule has 0 aliphatic heterocycles. The molecule has 1 N–H and O–H groups in total. The molecule has 1 aromatic rings. The number of fused-ring (bicyclic) bond motifs is 1. The molecule has 0 radical (unpaired) electrons. The Bertz CT molecular complexity index is 435. The number of hydrogen-bond donors (Lipinski definition) is 1. The standard InChI is InChI=1S/C17H25N/c1-12-8-9-16(15-7-5-4-6-14(12)15)18-11-13-10-17(13,2)3/h4-7,12-13,16,18H,8-11H2,1-3H3. The Labute approximate surface area is 111 Å². The summed E-state index contributed by atoms with van der Waals surface area (Å²) in [5.41, 5.74) is 3.71. The van der Waals surface area contributed by atoms with Crippen molar-refractivity contribution >= 4 is 0 Å². The Morgan fingerprint density at radius 3 is 2.50 bits per heavy atom. The lowest BCUT2D eigenvalue weighted by Gasteiger charge is -2.30. The van der Waals surface area contributed by atoms with Gasteiger partial charge in [-0.3, -0.25) is 0 Å². The van der Waals surface area contributed by atoms with Gasteiger partial charge in [0.25, 0.3) is 0 Å². The Morgan fingerprint density at radius 1 is 1.17 bits per heavy atom. The van der Waals surface area contributed by atoms with Crippen molar-refractivity contribution < 1.29 is 0 Å². The van der Waals surface area contributed by atoms with Gasteiger partial charge in [0.05, 0.1) is 0 Å². The van der Waals surface area contributed by atoms with Crippen molar-refractivity contribution in [1.29, 1.82) is 0 Å². The van der Waals surface area contributed by atoms with Crippen molar-refractivity contribution in [3.63, 3.8) is 0 Å². The van der Waals surface area contributed by atoms with Crippen molar-refractivity contribution in [2.75, 3.05) is 6.54 Å². The summed E-state index contributed by atoms with van der Waals surface area (Å²) in [6.45, 7) is 8.33. The van der Waals surface area contributed by atoms with Crippen LogP contribution in [0.4, 0.5) is 0 Å². The topological polar surface area (TPSA) is 12.0 Å². The van der Waals surface area contributed by atoms with E-state index in [9.17, 15) is 0 Å². The third-order valence-electron chi connectivity index (χ3n) is 5.12. The van der Waals surface area contributed by atoms with Gasteiger partial charge in [0.15, 0.2) is 0 Å². The van der Waals surface area contributed by atoms with Gasteiger partial charge in [-0.05, 0) is 54.2 Å². The zero-order valence-corrected chi connectivity index (χ0v) is 11.9. The maximum absolute atomic E-state index is 3.82.